The van der Waals surface area contributed by atoms with Crippen molar-refractivity contribution in [2.24, 2.45) is 0 Å². The number of methoxy groups -OCH3 is 2. The Morgan fingerprint density at radius 2 is 1.71 bits per heavy atom. The third-order valence-corrected chi connectivity index (χ3v) is 5.27. The molecule has 0 radical (unpaired) electrons. The summed E-state index contributed by atoms with van der Waals surface area (Å²) in [6, 6.07) is 15.9. The van der Waals surface area contributed by atoms with E-state index in [1.807, 2.05) is 47.4 Å². The van der Waals surface area contributed by atoms with Crippen LogP contribution in [0.5, 0.6) is 11.5 Å². The number of nitrogens with zero attached hydrogens (tertiary/aromatic N) is 2. The first-order chi connectivity index (χ1) is 13.7. The quantitative estimate of drug-likeness (QED) is 0.740. The topological polar surface area (TPSA) is 57.8 Å². The van der Waals surface area contributed by atoms with E-state index in [1.54, 1.807) is 14.2 Å². The van der Waals surface area contributed by atoms with Gasteiger partial charge >= 0.3 is 0 Å². The monoisotopic (exact) mass is 379 g/mol. The number of aromatic amines is 1. The summed E-state index contributed by atoms with van der Waals surface area (Å²) in [6.07, 6.45) is 0. The minimum Gasteiger partial charge on any atom is -0.493 e. The average Bonchev–Trinajstić information content (AvgIpc) is 3.18. The van der Waals surface area contributed by atoms with Crippen LogP contribution in [0.2, 0.25) is 0 Å². The Kier molecular flexibility index (Phi) is 5.21. The van der Waals surface area contributed by atoms with Gasteiger partial charge in [0.15, 0.2) is 11.5 Å². The van der Waals surface area contributed by atoms with Gasteiger partial charge in [0.1, 0.15) is 5.69 Å². The number of ether oxygens (including phenoxy) is 2. The molecule has 0 saturated carbocycles. The maximum Gasteiger partial charge on any atom is 0.270 e. The third-order valence-electron chi connectivity index (χ3n) is 5.27. The molecule has 0 atom stereocenters. The van der Waals surface area contributed by atoms with E-state index in [1.165, 1.54) is 5.56 Å². The Bertz CT molecular complexity index is 941. The van der Waals surface area contributed by atoms with Crippen LogP contribution in [0.15, 0.2) is 48.5 Å². The summed E-state index contributed by atoms with van der Waals surface area (Å²) < 4.78 is 10.7. The summed E-state index contributed by atoms with van der Waals surface area (Å²) in [6.45, 7) is 3.97. The zero-order valence-corrected chi connectivity index (χ0v) is 16.3. The van der Waals surface area contributed by atoms with Crippen LogP contribution in [-0.2, 0) is 6.54 Å². The predicted octanol–water partition coefficient (Wildman–Crippen LogP) is 3.14. The van der Waals surface area contributed by atoms with Gasteiger partial charge in [0.2, 0.25) is 0 Å². The molecule has 0 bridgehead atoms. The number of nitrogens with one attached hydrogen (secondary N) is 1. The van der Waals surface area contributed by atoms with Crippen molar-refractivity contribution in [1.82, 2.24) is 14.8 Å². The first kappa shape index (κ1) is 18.4. The van der Waals surface area contributed by atoms with Gasteiger partial charge in [0.25, 0.3) is 5.91 Å². The Balaban J connectivity index is 1.37. The molecule has 0 unspecified atom stereocenters. The van der Waals surface area contributed by atoms with Gasteiger partial charge in [-0.1, -0.05) is 24.3 Å². The average molecular weight is 379 g/mol. The lowest BCUT2D eigenvalue weighted by atomic mass is 10.1. The lowest BCUT2D eigenvalue weighted by Crippen LogP contribution is -2.48. The van der Waals surface area contributed by atoms with E-state index in [4.69, 9.17) is 9.47 Å². The fourth-order valence-electron chi connectivity index (χ4n) is 3.71. The molecule has 3 aromatic rings. The molecule has 6 heteroatoms. The van der Waals surface area contributed by atoms with Crippen molar-refractivity contribution in [3.8, 4) is 11.5 Å². The molecule has 2 aromatic carbocycles. The summed E-state index contributed by atoms with van der Waals surface area (Å²) >= 11 is 0. The number of carbonyl (C=O) groups excluding carboxylic acids is 1. The molecule has 1 aromatic heterocycles. The number of carbonyl (C=O) groups is 1. The molecule has 0 spiro atoms. The highest BCUT2D eigenvalue weighted by Gasteiger charge is 2.23. The second-order valence-electron chi connectivity index (χ2n) is 7.03. The summed E-state index contributed by atoms with van der Waals surface area (Å²) in [7, 11) is 3.29. The first-order valence-corrected chi connectivity index (χ1v) is 9.48. The molecule has 146 valence electrons. The van der Waals surface area contributed by atoms with Crippen LogP contribution in [0.3, 0.4) is 0 Å². The number of piperazine rings is 1. The molecule has 1 saturated heterocycles. The summed E-state index contributed by atoms with van der Waals surface area (Å²) in [4.78, 5) is 20.4. The van der Waals surface area contributed by atoms with Gasteiger partial charge in [-0.3, -0.25) is 9.69 Å². The van der Waals surface area contributed by atoms with E-state index in [9.17, 15) is 4.79 Å². The van der Waals surface area contributed by atoms with E-state index in [0.717, 1.165) is 55.1 Å². The van der Waals surface area contributed by atoms with Gasteiger partial charge in [-0.15, -0.1) is 0 Å². The number of para-hydroxylation sites is 1. The molecule has 1 amide bonds. The number of hydrogen-bond acceptors (Lipinski definition) is 4. The molecule has 1 N–H and O–H groups in total. The molecule has 6 nitrogen and oxygen atoms in total. The normalized spacial score (nSPS) is 15.0. The number of rotatable bonds is 5. The van der Waals surface area contributed by atoms with Crippen LogP contribution in [0.4, 0.5) is 0 Å². The predicted molar refractivity (Wildman–Crippen MR) is 109 cm³/mol. The van der Waals surface area contributed by atoms with Crippen molar-refractivity contribution in [2.45, 2.75) is 6.54 Å². The Morgan fingerprint density at radius 3 is 2.43 bits per heavy atom. The molecular formula is C22H25N3O3. The van der Waals surface area contributed by atoms with Crippen molar-refractivity contribution in [3.63, 3.8) is 0 Å². The Morgan fingerprint density at radius 1 is 0.964 bits per heavy atom. The van der Waals surface area contributed by atoms with E-state index in [-0.39, 0.29) is 5.91 Å². The zero-order chi connectivity index (χ0) is 19.5. The van der Waals surface area contributed by atoms with Crippen LogP contribution in [0.1, 0.15) is 16.1 Å². The molecule has 0 aliphatic carbocycles. The maximum atomic E-state index is 12.8. The van der Waals surface area contributed by atoms with Crippen molar-refractivity contribution >= 4 is 16.8 Å². The molecule has 2 heterocycles. The fraction of sp³-hybridized carbons (Fsp3) is 0.318. The number of benzene rings is 2. The van der Waals surface area contributed by atoms with Crippen molar-refractivity contribution in [1.29, 1.82) is 0 Å². The SMILES string of the molecule is COc1ccc(CN2CCN(C(=O)c3cc4ccccc4[nH]3)CC2)cc1OC. The molecule has 1 aliphatic rings. The van der Waals surface area contributed by atoms with Crippen LogP contribution >= 0.6 is 0 Å². The van der Waals surface area contributed by atoms with Gasteiger partial charge in [-0.05, 0) is 29.8 Å². The molecular weight excluding hydrogens is 354 g/mol. The van der Waals surface area contributed by atoms with Crippen molar-refractivity contribution in [3.05, 3.63) is 59.8 Å². The minimum atomic E-state index is 0.0713. The number of hydrogen-bond donors (Lipinski definition) is 1. The fourth-order valence-corrected chi connectivity index (χ4v) is 3.71. The first-order valence-electron chi connectivity index (χ1n) is 9.48. The summed E-state index contributed by atoms with van der Waals surface area (Å²) in [5.74, 6) is 1.55. The van der Waals surface area contributed by atoms with E-state index < -0.39 is 0 Å². The number of aromatic nitrogens is 1. The maximum absolute atomic E-state index is 12.8. The number of fused-ring (bicyclic) bond motifs is 1. The van der Waals surface area contributed by atoms with Crippen LogP contribution in [0, 0.1) is 0 Å². The zero-order valence-electron chi connectivity index (χ0n) is 16.3. The Labute approximate surface area is 164 Å². The van der Waals surface area contributed by atoms with Gasteiger partial charge < -0.3 is 19.4 Å². The lowest BCUT2D eigenvalue weighted by Gasteiger charge is -2.34. The Hall–Kier alpha value is -2.99. The molecule has 1 aliphatic heterocycles. The number of H-pyrrole nitrogens is 1. The highest BCUT2D eigenvalue weighted by molar-refractivity contribution is 5.98. The standard InChI is InChI=1S/C22H25N3O3/c1-27-20-8-7-16(13-21(20)28-2)15-24-9-11-25(12-10-24)22(26)19-14-17-5-3-4-6-18(17)23-19/h3-8,13-14,23H,9-12,15H2,1-2H3. The van der Waals surface area contributed by atoms with Crippen LogP contribution in [0.25, 0.3) is 10.9 Å². The van der Waals surface area contributed by atoms with Gasteiger partial charge in [-0.2, -0.15) is 0 Å². The van der Waals surface area contributed by atoms with Crippen molar-refractivity contribution < 1.29 is 14.3 Å². The van der Waals surface area contributed by atoms with Gasteiger partial charge in [-0.25, -0.2) is 0 Å². The molecule has 1 fully saturated rings. The second kappa shape index (κ2) is 7.94. The van der Waals surface area contributed by atoms with E-state index in [2.05, 4.69) is 16.0 Å². The highest BCUT2D eigenvalue weighted by Crippen LogP contribution is 2.28. The molecule has 4 rings (SSSR count). The third kappa shape index (κ3) is 3.68. The summed E-state index contributed by atoms with van der Waals surface area (Å²) in [5, 5.41) is 1.07. The smallest absolute Gasteiger partial charge is 0.270 e. The van der Waals surface area contributed by atoms with Crippen LogP contribution < -0.4 is 9.47 Å². The van der Waals surface area contributed by atoms with Crippen LogP contribution in [-0.4, -0.2) is 61.1 Å². The molecule has 28 heavy (non-hydrogen) atoms. The highest BCUT2D eigenvalue weighted by atomic mass is 16.5. The summed E-state index contributed by atoms with van der Waals surface area (Å²) in [5.41, 5.74) is 2.83. The van der Waals surface area contributed by atoms with E-state index in [0.29, 0.717) is 5.69 Å². The number of amides is 1. The lowest BCUT2D eigenvalue weighted by molar-refractivity contribution is 0.0623. The minimum absolute atomic E-state index is 0.0713. The van der Waals surface area contributed by atoms with Crippen molar-refractivity contribution in [2.75, 3.05) is 40.4 Å². The van der Waals surface area contributed by atoms with Gasteiger partial charge in [0.05, 0.1) is 14.2 Å². The second-order valence-corrected chi connectivity index (χ2v) is 7.03. The van der Waals surface area contributed by atoms with Gasteiger partial charge in [0, 0.05) is 43.6 Å². The largest absolute Gasteiger partial charge is 0.493 e. The van der Waals surface area contributed by atoms with E-state index >= 15 is 0 Å².